The van der Waals surface area contributed by atoms with E-state index >= 15 is 0 Å². The Kier molecular flexibility index (Phi) is 1.68. The van der Waals surface area contributed by atoms with E-state index in [1.807, 2.05) is 6.07 Å². The van der Waals surface area contributed by atoms with Gasteiger partial charge in [-0.3, -0.25) is 0 Å². The molecule has 0 bridgehead atoms. The van der Waals surface area contributed by atoms with Crippen LogP contribution >= 0.6 is 16.1 Å². The molecule has 0 atom stereocenters. The smallest absolute Gasteiger partial charge is 0.0746 e. The van der Waals surface area contributed by atoms with Gasteiger partial charge in [-0.15, -0.1) is 0 Å². The minimum Gasteiger partial charge on any atom is -0.202 e. The molecular weight excluding hydrogens is 168 g/mol. The summed E-state index contributed by atoms with van der Waals surface area (Å²) in [5.41, 5.74) is 1.20. The van der Waals surface area contributed by atoms with Crippen LogP contribution in [0.3, 0.4) is 0 Å². The fourth-order valence-corrected chi connectivity index (χ4v) is 1.04. The van der Waals surface area contributed by atoms with Gasteiger partial charge >= 0.3 is 0 Å². The van der Waals surface area contributed by atoms with E-state index in [-0.39, 0.29) is 0 Å². The van der Waals surface area contributed by atoms with Crippen LogP contribution in [0.1, 0.15) is 12.6 Å². The lowest BCUT2D eigenvalue weighted by atomic mass is 10.4. The summed E-state index contributed by atoms with van der Waals surface area (Å²) in [6, 6.07) is 1.98. The number of hydrogen-bond acceptors (Lipinski definition) is 1. The fraction of sp³-hybridized carbons (Fsp3) is 0.400. The molecule has 0 amide bonds. The molecule has 0 aliphatic heterocycles. The quantitative estimate of drug-likeness (QED) is 0.633. The molecular formula is C5H7BrN2. The Morgan fingerprint density at radius 2 is 2.62 bits per heavy atom. The van der Waals surface area contributed by atoms with Crippen LogP contribution in [-0.2, 0) is 6.42 Å². The Hall–Kier alpha value is -0.310. The second kappa shape index (κ2) is 2.31. The molecule has 1 aromatic heterocycles. The highest BCUT2D eigenvalue weighted by atomic mass is 79.9. The summed E-state index contributed by atoms with van der Waals surface area (Å²) in [5, 5.41) is 3.92. The standard InChI is InChI=1S/C5H7BrN2/c1-2-5-3-4-7-8(5)6/h3-4H,2H2,1H3. The predicted molar refractivity (Wildman–Crippen MR) is 35.9 cm³/mol. The van der Waals surface area contributed by atoms with Gasteiger partial charge < -0.3 is 0 Å². The summed E-state index contributed by atoms with van der Waals surface area (Å²) in [5.74, 6) is 0. The minimum absolute atomic E-state index is 1.02. The van der Waals surface area contributed by atoms with E-state index in [1.165, 1.54) is 5.69 Å². The first-order chi connectivity index (χ1) is 3.84. The SMILES string of the molecule is CCc1ccnn1Br. The minimum atomic E-state index is 1.02. The molecule has 0 aromatic carbocycles. The van der Waals surface area contributed by atoms with Crippen molar-refractivity contribution < 1.29 is 0 Å². The maximum absolute atomic E-state index is 3.92. The number of aryl methyl sites for hydroxylation is 1. The van der Waals surface area contributed by atoms with Crippen molar-refractivity contribution in [1.82, 2.24) is 8.81 Å². The summed E-state index contributed by atoms with van der Waals surface area (Å²) in [7, 11) is 0. The Labute approximate surface area is 56.8 Å². The van der Waals surface area contributed by atoms with Crippen LogP contribution in [0, 0.1) is 0 Å². The van der Waals surface area contributed by atoms with Crippen LogP contribution in [0.5, 0.6) is 0 Å². The number of halogens is 1. The molecule has 0 saturated heterocycles. The van der Waals surface area contributed by atoms with E-state index < -0.39 is 0 Å². The largest absolute Gasteiger partial charge is 0.202 e. The zero-order valence-corrected chi connectivity index (χ0v) is 6.22. The molecule has 1 heterocycles. The molecule has 0 saturated carbocycles. The van der Waals surface area contributed by atoms with Crippen molar-refractivity contribution in [3.8, 4) is 0 Å². The van der Waals surface area contributed by atoms with Gasteiger partial charge in [0, 0.05) is 0 Å². The maximum atomic E-state index is 3.92. The van der Waals surface area contributed by atoms with Crippen molar-refractivity contribution >= 4 is 16.1 Å². The van der Waals surface area contributed by atoms with Crippen molar-refractivity contribution in [2.45, 2.75) is 13.3 Å². The molecule has 1 rings (SSSR count). The lowest BCUT2D eigenvalue weighted by molar-refractivity contribution is 0.932. The van der Waals surface area contributed by atoms with E-state index in [4.69, 9.17) is 0 Å². The van der Waals surface area contributed by atoms with Gasteiger partial charge in [0.1, 0.15) is 0 Å². The molecule has 0 radical (unpaired) electrons. The molecule has 8 heavy (non-hydrogen) atoms. The van der Waals surface area contributed by atoms with Crippen molar-refractivity contribution in [3.05, 3.63) is 18.0 Å². The summed E-state index contributed by atoms with van der Waals surface area (Å²) in [6.07, 6.45) is 2.79. The number of hydrogen-bond donors (Lipinski definition) is 0. The summed E-state index contributed by atoms with van der Waals surface area (Å²) >= 11 is 3.23. The molecule has 0 aliphatic rings. The van der Waals surface area contributed by atoms with Crippen molar-refractivity contribution in [2.75, 3.05) is 0 Å². The molecule has 3 heteroatoms. The Morgan fingerprint density at radius 3 is 2.88 bits per heavy atom. The van der Waals surface area contributed by atoms with Crippen molar-refractivity contribution in [1.29, 1.82) is 0 Å². The lowest BCUT2D eigenvalue weighted by Gasteiger charge is -1.89. The molecule has 0 unspecified atom stereocenters. The molecule has 1 aromatic rings. The lowest BCUT2D eigenvalue weighted by Crippen LogP contribution is -1.87. The first-order valence-corrected chi connectivity index (χ1v) is 3.24. The zero-order chi connectivity index (χ0) is 5.98. The summed E-state index contributed by atoms with van der Waals surface area (Å²) in [6.45, 7) is 2.09. The van der Waals surface area contributed by atoms with Crippen LogP contribution in [0.25, 0.3) is 0 Å². The number of aromatic nitrogens is 2. The highest BCUT2D eigenvalue weighted by molar-refractivity contribution is 9.08. The van der Waals surface area contributed by atoms with Gasteiger partial charge in [0.15, 0.2) is 0 Å². The molecule has 0 N–H and O–H groups in total. The van der Waals surface area contributed by atoms with E-state index in [2.05, 4.69) is 28.2 Å². The van der Waals surface area contributed by atoms with Gasteiger partial charge in [0.05, 0.1) is 28.0 Å². The van der Waals surface area contributed by atoms with E-state index in [1.54, 1.807) is 9.90 Å². The van der Waals surface area contributed by atoms with Gasteiger partial charge in [-0.25, -0.2) is 3.71 Å². The Morgan fingerprint density at radius 1 is 1.88 bits per heavy atom. The highest BCUT2D eigenvalue weighted by Crippen LogP contribution is 2.01. The van der Waals surface area contributed by atoms with Crippen molar-refractivity contribution in [3.63, 3.8) is 0 Å². The van der Waals surface area contributed by atoms with Gasteiger partial charge in [-0.1, -0.05) is 6.92 Å². The van der Waals surface area contributed by atoms with Crippen LogP contribution in [-0.4, -0.2) is 8.81 Å². The van der Waals surface area contributed by atoms with Crippen LogP contribution < -0.4 is 0 Å². The van der Waals surface area contributed by atoms with Crippen LogP contribution in [0.4, 0.5) is 0 Å². The molecule has 0 fully saturated rings. The zero-order valence-electron chi connectivity index (χ0n) is 4.63. The monoisotopic (exact) mass is 174 g/mol. The predicted octanol–water partition coefficient (Wildman–Crippen LogP) is 1.60. The van der Waals surface area contributed by atoms with Gasteiger partial charge in [0.2, 0.25) is 0 Å². The summed E-state index contributed by atoms with van der Waals surface area (Å²) < 4.78 is 1.70. The molecule has 2 nitrogen and oxygen atoms in total. The third-order valence-electron chi connectivity index (χ3n) is 1.03. The fourth-order valence-electron chi connectivity index (χ4n) is 0.562. The van der Waals surface area contributed by atoms with Crippen LogP contribution in [0.2, 0.25) is 0 Å². The molecule has 0 aliphatic carbocycles. The molecule has 44 valence electrons. The average Bonchev–Trinajstić information content (AvgIpc) is 2.14. The van der Waals surface area contributed by atoms with E-state index in [0.717, 1.165) is 6.42 Å². The topological polar surface area (TPSA) is 17.8 Å². The van der Waals surface area contributed by atoms with Gasteiger partial charge in [0.25, 0.3) is 0 Å². The maximum Gasteiger partial charge on any atom is 0.0746 e. The van der Waals surface area contributed by atoms with Gasteiger partial charge in [-0.05, 0) is 12.5 Å². The summed E-state index contributed by atoms with van der Waals surface area (Å²) in [4.78, 5) is 0. The highest BCUT2D eigenvalue weighted by Gasteiger charge is 1.92. The normalized spacial score (nSPS) is 9.75. The number of nitrogens with zero attached hydrogens (tertiary/aromatic N) is 2. The first kappa shape index (κ1) is 5.82. The number of rotatable bonds is 1. The third kappa shape index (κ3) is 0.916. The molecule has 0 spiro atoms. The first-order valence-electron chi connectivity index (χ1n) is 2.53. The second-order valence-electron chi connectivity index (χ2n) is 1.54. The van der Waals surface area contributed by atoms with Gasteiger partial charge in [-0.2, -0.15) is 5.10 Å². The van der Waals surface area contributed by atoms with E-state index in [9.17, 15) is 0 Å². The Bertz CT molecular complexity index is 171. The third-order valence-corrected chi connectivity index (χ3v) is 1.67. The average molecular weight is 175 g/mol. The van der Waals surface area contributed by atoms with Crippen molar-refractivity contribution in [2.24, 2.45) is 0 Å². The second-order valence-corrected chi connectivity index (χ2v) is 2.21. The van der Waals surface area contributed by atoms with E-state index in [0.29, 0.717) is 0 Å². The van der Waals surface area contributed by atoms with Crippen LogP contribution in [0.15, 0.2) is 12.3 Å². The Balaban J connectivity index is 2.92.